The van der Waals surface area contributed by atoms with Crippen molar-refractivity contribution < 1.29 is 5.11 Å². The first-order chi connectivity index (χ1) is 19.0. The molecule has 0 aliphatic heterocycles. The highest BCUT2D eigenvalue weighted by atomic mass is 35.5. The van der Waals surface area contributed by atoms with E-state index in [0.717, 1.165) is 11.0 Å². The average Bonchev–Trinajstić information content (AvgIpc) is 2.91. The third-order valence-electron chi connectivity index (χ3n) is 6.25. The molecule has 3 rings (SSSR count). The first-order valence-corrected chi connectivity index (χ1v) is 13.2. The van der Waals surface area contributed by atoms with Crippen LogP contribution in [-0.4, -0.2) is 49.8 Å². The van der Waals surface area contributed by atoms with Crippen molar-refractivity contribution >= 4 is 40.6 Å². The molecular weight excluding hydrogens is 555 g/mol. The number of aliphatic hydroxyl groups excluding tert-OH is 1. The molecule has 1 aliphatic carbocycles. The third-order valence-corrected chi connectivity index (χ3v) is 6.86. The number of aliphatic hydroxyl groups is 1. The smallest absolute Gasteiger partial charge is 0.355 e. The monoisotopic (exact) mass is 586 g/mol. The minimum Gasteiger partial charge on any atom is -0.506 e. The molecule has 1 aromatic carbocycles. The molecular formula is C27H32Cl2N8O3. The van der Waals surface area contributed by atoms with Crippen LogP contribution in [0.25, 0.3) is 0 Å². The number of halogens is 2. The van der Waals surface area contributed by atoms with Crippen LogP contribution in [-0.2, 0) is 13.1 Å². The number of benzene rings is 1. The molecule has 0 bridgehead atoms. The van der Waals surface area contributed by atoms with Crippen LogP contribution in [0.3, 0.4) is 0 Å². The molecule has 1 aromatic heterocycles. The summed E-state index contributed by atoms with van der Waals surface area (Å²) in [7, 11) is 3.38. The van der Waals surface area contributed by atoms with E-state index in [2.05, 4.69) is 27.3 Å². The van der Waals surface area contributed by atoms with Crippen LogP contribution in [0.5, 0.6) is 0 Å². The van der Waals surface area contributed by atoms with Crippen molar-refractivity contribution in [1.82, 2.24) is 24.4 Å². The number of hydrogen-bond donors (Lipinski definition) is 4. The van der Waals surface area contributed by atoms with Crippen LogP contribution in [0.15, 0.2) is 81.0 Å². The molecule has 1 unspecified atom stereocenters. The number of nitrogens with zero attached hydrogens (tertiary/aromatic N) is 5. The maximum absolute atomic E-state index is 13.9. The molecule has 1 atom stereocenters. The van der Waals surface area contributed by atoms with Gasteiger partial charge in [0.25, 0.3) is 0 Å². The van der Waals surface area contributed by atoms with E-state index >= 15 is 0 Å². The van der Waals surface area contributed by atoms with Gasteiger partial charge in [-0.25, -0.2) is 14.2 Å². The molecule has 1 aliphatic rings. The second-order valence-electron chi connectivity index (χ2n) is 9.08. The summed E-state index contributed by atoms with van der Waals surface area (Å²) in [6.45, 7) is 7.46. The van der Waals surface area contributed by atoms with Crippen molar-refractivity contribution in [3.05, 3.63) is 103 Å². The Morgan fingerprint density at radius 2 is 2.02 bits per heavy atom. The number of nitrogens with one attached hydrogen (secondary N) is 3. The quantitative estimate of drug-likeness (QED) is 0.229. The van der Waals surface area contributed by atoms with Gasteiger partial charge in [0, 0.05) is 48.2 Å². The first kappa shape index (κ1) is 30.5. The second kappa shape index (κ2) is 13.3. The van der Waals surface area contributed by atoms with E-state index in [1.54, 1.807) is 38.5 Å². The van der Waals surface area contributed by atoms with Crippen LogP contribution in [0.4, 0.5) is 5.95 Å². The van der Waals surface area contributed by atoms with Crippen LogP contribution in [0.1, 0.15) is 25.8 Å². The Morgan fingerprint density at radius 3 is 2.67 bits per heavy atom. The zero-order valence-corrected chi connectivity index (χ0v) is 24.2. The molecule has 11 nitrogen and oxygen atoms in total. The topological polar surface area (TPSA) is 141 Å². The number of aromatic nitrogens is 3. The standard InChI is InChI=1S/C27H32Cl2N8O3/c1-6-16(3)23(34-35(5)7-2)15-37-26(39)33-25(32-22-11-17(13-31-4)21(30)12-24(22)38)36(27(37)40)14-18-10-19(28)8-9-20(18)29/h7-13,16,30-31,38H,2,6,14-15H2,1,3-5H3,(H,32,33,39)/b17-13-,30-21?,34-23-. The normalized spacial score (nSPS) is 15.4. The molecule has 40 heavy (non-hydrogen) atoms. The summed E-state index contributed by atoms with van der Waals surface area (Å²) < 4.78 is 2.23. The predicted octanol–water partition coefficient (Wildman–Crippen LogP) is 4.11. The molecule has 0 saturated heterocycles. The largest absolute Gasteiger partial charge is 0.506 e. The van der Waals surface area contributed by atoms with Gasteiger partial charge in [-0.2, -0.15) is 10.1 Å². The highest BCUT2D eigenvalue weighted by Crippen LogP contribution is 2.23. The predicted molar refractivity (Wildman–Crippen MR) is 160 cm³/mol. The average molecular weight is 588 g/mol. The van der Waals surface area contributed by atoms with Crippen LogP contribution < -0.4 is 22.0 Å². The molecule has 1 heterocycles. The van der Waals surface area contributed by atoms with Gasteiger partial charge in [0.2, 0.25) is 5.95 Å². The van der Waals surface area contributed by atoms with Crippen molar-refractivity contribution in [3.63, 3.8) is 0 Å². The summed E-state index contributed by atoms with van der Waals surface area (Å²) >= 11 is 12.6. The van der Waals surface area contributed by atoms with Crippen molar-refractivity contribution in [3.8, 4) is 0 Å². The summed E-state index contributed by atoms with van der Waals surface area (Å²) in [5, 5.41) is 31.1. The SMILES string of the molecule is C=CN(C)/N=C(/Cn1c(=O)nc(NC2=C/C(=C/NC)C(=N)C=C2O)n(Cc2cc(Cl)ccc2Cl)c1=O)C(C)CC. The number of hydrazone groups is 1. The fourth-order valence-electron chi connectivity index (χ4n) is 3.77. The maximum atomic E-state index is 13.9. The molecule has 4 N–H and O–H groups in total. The van der Waals surface area contributed by atoms with E-state index in [0.29, 0.717) is 26.9 Å². The van der Waals surface area contributed by atoms with Crippen LogP contribution in [0.2, 0.25) is 10.0 Å². The Bertz CT molecular complexity index is 1550. The highest BCUT2D eigenvalue weighted by Gasteiger charge is 2.22. The Morgan fingerprint density at radius 1 is 1.30 bits per heavy atom. The van der Waals surface area contributed by atoms with Gasteiger partial charge >= 0.3 is 11.4 Å². The van der Waals surface area contributed by atoms with E-state index in [4.69, 9.17) is 28.6 Å². The molecule has 0 fully saturated rings. The van der Waals surface area contributed by atoms with Crippen LogP contribution >= 0.6 is 23.2 Å². The zero-order chi connectivity index (χ0) is 29.6. The van der Waals surface area contributed by atoms with Gasteiger partial charge in [-0.1, -0.05) is 43.6 Å². The molecule has 0 spiro atoms. The minimum atomic E-state index is -0.809. The lowest BCUT2D eigenvalue weighted by Gasteiger charge is -2.21. The van der Waals surface area contributed by atoms with Gasteiger partial charge in [-0.15, -0.1) is 0 Å². The highest BCUT2D eigenvalue weighted by molar-refractivity contribution is 6.33. The number of allylic oxidation sites excluding steroid dienone is 3. The fraction of sp³-hybridized carbons (Fsp3) is 0.296. The lowest BCUT2D eigenvalue weighted by Crippen LogP contribution is -2.45. The zero-order valence-electron chi connectivity index (χ0n) is 22.7. The summed E-state index contributed by atoms with van der Waals surface area (Å²) in [6.07, 6.45) is 6.57. The molecule has 0 amide bonds. The van der Waals surface area contributed by atoms with E-state index in [9.17, 15) is 14.7 Å². The van der Waals surface area contributed by atoms with E-state index in [-0.39, 0.29) is 42.1 Å². The fourth-order valence-corrected chi connectivity index (χ4v) is 4.14. The van der Waals surface area contributed by atoms with E-state index < -0.39 is 11.4 Å². The molecule has 2 aromatic rings. The minimum absolute atomic E-state index is 0.0375. The van der Waals surface area contributed by atoms with Crippen molar-refractivity contribution in [2.45, 2.75) is 33.4 Å². The summed E-state index contributed by atoms with van der Waals surface area (Å²) in [5.41, 5.74) is 0.306. The number of rotatable bonds is 11. The van der Waals surface area contributed by atoms with Gasteiger partial charge in [0.05, 0.1) is 30.2 Å². The Labute approximate surface area is 242 Å². The lowest BCUT2D eigenvalue weighted by molar-refractivity contribution is 0.424. The molecule has 212 valence electrons. The maximum Gasteiger partial charge on any atom is 0.355 e. The van der Waals surface area contributed by atoms with Gasteiger partial charge in [0.1, 0.15) is 5.76 Å². The van der Waals surface area contributed by atoms with Gasteiger partial charge in [0.15, 0.2) is 0 Å². The molecule has 0 saturated carbocycles. The van der Waals surface area contributed by atoms with Crippen molar-refractivity contribution in [2.24, 2.45) is 11.0 Å². The Hall–Kier alpha value is -4.09. The molecule has 0 radical (unpaired) electrons. The van der Waals surface area contributed by atoms with Gasteiger partial charge < -0.3 is 21.1 Å². The summed E-state index contributed by atoms with van der Waals surface area (Å²) in [4.78, 5) is 31.3. The van der Waals surface area contributed by atoms with Gasteiger partial charge in [-0.3, -0.25) is 9.58 Å². The Kier molecular flexibility index (Phi) is 10.1. The summed E-state index contributed by atoms with van der Waals surface area (Å²) in [6, 6.07) is 4.85. The van der Waals surface area contributed by atoms with Gasteiger partial charge in [-0.05, 0) is 42.2 Å². The molecule has 13 heteroatoms. The van der Waals surface area contributed by atoms with Crippen molar-refractivity contribution in [2.75, 3.05) is 19.4 Å². The number of hydrogen-bond acceptors (Lipinski definition) is 9. The van der Waals surface area contributed by atoms with E-state index in [1.165, 1.54) is 27.9 Å². The summed E-state index contributed by atoms with van der Waals surface area (Å²) in [5.74, 6) is -0.428. The Balaban J connectivity index is 2.20. The number of anilines is 1. The second-order valence-corrected chi connectivity index (χ2v) is 9.92. The first-order valence-electron chi connectivity index (χ1n) is 12.4. The van der Waals surface area contributed by atoms with E-state index in [1.807, 2.05) is 13.8 Å². The van der Waals surface area contributed by atoms with Crippen LogP contribution in [0, 0.1) is 11.3 Å². The third kappa shape index (κ3) is 7.10. The lowest BCUT2D eigenvalue weighted by atomic mass is 10.0. The van der Waals surface area contributed by atoms with Crippen molar-refractivity contribution in [1.29, 1.82) is 5.41 Å².